The van der Waals surface area contributed by atoms with Gasteiger partial charge < -0.3 is 9.47 Å². The molecular weight excluding hydrogens is 292 g/mol. The molecule has 4 rings (SSSR count). The minimum absolute atomic E-state index is 0.373. The summed E-state index contributed by atoms with van der Waals surface area (Å²) >= 11 is 0. The lowest BCUT2D eigenvalue weighted by Crippen LogP contribution is -2.19. The van der Waals surface area contributed by atoms with Crippen molar-refractivity contribution in [2.24, 2.45) is 0 Å². The zero-order chi connectivity index (χ0) is 15.8. The van der Waals surface area contributed by atoms with Crippen LogP contribution in [0.15, 0.2) is 12.4 Å². The molecule has 23 heavy (non-hydrogen) atoms. The first-order valence-electron chi connectivity index (χ1n) is 8.60. The average Bonchev–Trinajstić information content (AvgIpc) is 3.20. The molecule has 4 heterocycles. The maximum atomic E-state index is 5.90. The molecule has 0 saturated carbocycles. The molecule has 0 aromatic carbocycles. The van der Waals surface area contributed by atoms with Crippen LogP contribution in [-0.2, 0) is 11.3 Å². The zero-order valence-electron chi connectivity index (χ0n) is 13.9. The van der Waals surface area contributed by atoms with Gasteiger partial charge in [-0.25, -0.2) is 4.68 Å². The van der Waals surface area contributed by atoms with Crippen LogP contribution in [0.3, 0.4) is 0 Å². The van der Waals surface area contributed by atoms with E-state index in [-0.39, 0.29) is 0 Å². The summed E-state index contributed by atoms with van der Waals surface area (Å²) in [5.41, 5.74) is 3.32. The molecule has 124 valence electrons. The van der Waals surface area contributed by atoms with Crippen molar-refractivity contribution in [2.45, 2.75) is 51.6 Å². The summed E-state index contributed by atoms with van der Waals surface area (Å²) in [5, 5.41) is 9.41. The van der Waals surface area contributed by atoms with Crippen LogP contribution in [0.5, 0.6) is 5.88 Å². The highest BCUT2D eigenvalue weighted by Gasteiger charge is 2.26. The van der Waals surface area contributed by atoms with Gasteiger partial charge in [0.05, 0.1) is 18.8 Å². The van der Waals surface area contributed by atoms with E-state index in [1.165, 1.54) is 5.56 Å². The third-order valence-electron chi connectivity index (χ3n) is 4.71. The van der Waals surface area contributed by atoms with E-state index >= 15 is 0 Å². The van der Waals surface area contributed by atoms with Crippen molar-refractivity contribution >= 4 is 0 Å². The molecule has 1 saturated heterocycles. The van der Waals surface area contributed by atoms with Crippen molar-refractivity contribution in [3.63, 3.8) is 0 Å². The highest BCUT2D eigenvalue weighted by atomic mass is 16.5. The molecule has 0 bridgehead atoms. The molecule has 0 aliphatic carbocycles. The predicted octanol–water partition coefficient (Wildman–Crippen LogP) is 3.00. The Labute approximate surface area is 136 Å². The SMILES string of the molecule is CC(C)c1c(-c2cnn(C3CCOCC3)c2)nn2c1OCCC2. The minimum atomic E-state index is 0.373. The normalized spacial score (nSPS) is 18.9. The minimum Gasteiger partial charge on any atom is -0.478 e. The van der Waals surface area contributed by atoms with Gasteiger partial charge in [0.25, 0.3) is 0 Å². The molecule has 1 fully saturated rings. The van der Waals surface area contributed by atoms with Crippen LogP contribution in [0, 0.1) is 0 Å². The molecule has 2 aromatic rings. The number of aryl methyl sites for hydroxylation is 1. The third-order valence-corrected chi connectivity index (χ3v) is 4.71. The maximum absolute atomic E-state index is 5.90. The van der Waals surface area contributed by atoms with E-state index in [1.54, 1.807) is 0 Å². The quantitative estimate of drug-likeness (QED) is 0.873. The van der Waals surface area contributed by atoms with Crippen LogP contribution in [0.25, 0.3) is 11.3 Å². The number of hydrogen-bond acceptors (Lipinski definition) is 4. The van der Waals surface area contributed by atoms with Crippen LogP contribution in [0.4, 0.5) is 0 Å². The van der Waals surface area contributed by atoms with Gasteiger partial charge in [-0.15, -0.1) is 0 Å². The lowest BCUT2D eigenvalue weighted by Gasteiger charge is -2.22. The Kier molecular flexibility index (Phi) is 3.85. The van der Waals surface area contributed by atoms with E-state index in [0.29, 0.717) is 12.0 Å². The summed E-state index contributed by atoms with van der Waals surface area (Å²) in [6.45, 7) is 7.76. The van der Waals surface area contributed by atoms with E-state index < -0.39 is 0 Å². The second-order valence-corrected chi connectivity index (χ2v) is 6.70. The molecule has 2 aliphatic rings. The van der Waals surface area contributed by atoms with Crippen molar-refractivity contribution in [3.8, 4) is 17.1 Å². The molecular formula is C17H24N4O2. The number of fused-ring (bicyclic) bond motifs is 1. The van der Waals surface area contributed by atoms with Gasteiger partial charge in [-0.2, -0.15) is 10.2 Å². The molecule has 0 amide bonds. The highest BCUT2D eigenvalue weighted by Crippen LogP contribution is 2.38. The zero-order valence-corrected chi connectivity index (χ0v) is 13.9. The monoisotopic (exact) mass is 316 g/mol. The fraction of sp³-hybridized carbons (Fsp3) is 0.647. The van der Waals surface area contributed by atoms with Gasteiger partial charge in [0.15, 0.2) is 0 Å². The van der Waals surface area contributed by atoms with Crippen LogP contribution < -0.4 is 4.74 Å². The van der Waals surface area contributed by atoms with Gasteiger partial charge in [0, 0.05) is 43.5 Å². The Hall–Kier alpha value is -1.82. The van der Waals surface area contributed by atoms with Gasteiger partial charge in [-0.3, -0.25) is 4.68 Å². The van der Waals surface area contributed by atoms with Gasteiger partial charge in [-0.1, -0.05) is 13.8 Å². The fourth-order valence-electron chi connectivity index (χ4n) is 3.49. The van der Waals surface area contributed by atoms with Crippen LogP contribution >= 0.6 is 0 Å². The number of nitrogens with zero attached hydrogens (tertiary/aromatic N) is 4. The Bertz CT molecular complexity index is 683. The lowest BCUT2D eigenvalue weighted by atomic mass is 10.0. The van der Waals surface area contributed by atoms with E-state index in [0.717, 1.165) is 62.8 Å². The molecule has 0 atom stereocenters. The Balaban J connectivity index is 1.70. The predicted molar refractivity (Wildman–Crippen MR) is 86.7 cm³/mol. The molecule has 0 N–H and O–H groups in total. The summed E-state index contributed by atoms with van der Waals surface area (Å²) in [6.07, 6.45) is 7.15. The van der Waals surface area contributed by atoms with E-state index in [9.17, 15) is 0 Å². The largest absolute Gasteiger partial charge is 0.478 e. The van der Waals surface area contributed by atoms with Crippen LogP contribution in [-0.4, -0.2) is 39.4 Å². The second-order valence-electron chi connectivity index (χ2n) is 6.70. The number of hydrogen-bond donors (Lipinski definition) is 0. The van der Waals surface area contributed by atoms with Crippen molar-refractivity contribution in [3.05, 3.63) is 18.0 Å². The summed E-state index contributed by atoms with van der Waals surface area (Å²) in [4.78, 5) is 0. The summed E-state index contributed by atoms with van der Waals surface area (Å²) in [5.74, 6) is 1.32. The summed E-state index contributed by atoms with van der Waals surface area (Å²) in [7, 11) is 0. The summed E-state index contributed by atoms with van der Waals surface area (Å²) in [6, 6.07) is 0.438. The van der Waals surface area contributed by atoms with Crippen LogP contribution in [0.1, 0.15) is 50.6 Å². The first-order valence-corrected chi connectivity index (χ1v) is 8.60. The summed E-state index contributed by atoms with van der Waals surface area (Å²) < 4.78 is 15.4. The van der Waals surface area contributed by atoms with Gasteiger partial charge in [0.1, 0.15) is 5.69 Å². The van der Waals surface area contributed by atoms with Crippen molar-refractivity contribution in [1.82, 2.24) is 19.6 Å². The third kappa shape index (κ3) is 2.65. The van der Waals surface area contributed by atoms with E-state index in [4.69, 9.17) is 14.6 Å². The Morgan fingerprint density at radius 2 is 2.04 bits per heavy atom. The maximum Gasteiger partial charge on any atom is 0.215 e. The van der Waals surface area contributed by atoms with Crippen molar-refractivity contribution in [2.75, 3.05) is 19.8 Å². The van der Waals surface area contributed by atoms with Gasteiger partial charge >= 0.3 is 0 Å². The first-order chi connectivity index (χ1) is 11.2. The number of aromatic nitrogens is 4. The molecule has 2 aromatic heterocycles. The smallest absolute Gasteiger partial charge is 0.215 e. The molecule has 6 nitrogen and oxygen atoms in total. The fourth-order valence-corrected chi connectivity index (χ4v) is 3.49. The Morgan fingerprint density at radius 3 is 2.83 bits per heavy atom. The number of ether oxygens (including phenoxy) is 2. The molecule has 6 heteroatoms. The van der Waals surface area contributed by atoms with Crippen molar-refractivity contribution in [1.29, 1.82) is 0 Å². The molecule has 2 aliphatic heterocycles. The second kappa shape index (κ2) is 6.00. The molecule has 0 unspecified atom stereocenters. The van der Waals surface area contributed by atoms with Gasteiger partial charge in [0.2, 0.25) is 5.88 Å². The average molecular weight is 316 g/mol. The standard InChI is InChI=1S/C17H24N4O2/c1-12(2)15-16(19-20-6-3-7-23-17(15)20)13-10-18-21(11-13)14-4-8-22-9-5-14/h10-12,14H,3-9H2,1-2H3. The topological polar surface area (TPSA) is 54.1 Å². The molecule has 0 radical (unpaired) electrons. The van der Waals surface area contributed by atoms with Crippen LogP contribution in [0.2, 0.25) is 0 Å². The molecule has 0 spiro atoms. The number of rotatable bonds is 3. The van der Waals surface area contributed by atoms with E-state index in [2.05, 4.69) is 29.8 Å². The lowest BCUT2D eigenvalue weighted by molar-refractivity contribution is 0.0662. The van der Waals surface area contributed by atoms with E-state index in [1.807, 2.05) is 10.9 Å². The first kappa shape index (κ1) is 14.8. The Morgan fingerprint density at radius 1 is 1.22 bits per heavy atom. The van der Waals surface area contributed by atoms with Crippen molar-refractivity contribution < 1.29 is 9.47 Å². The van der Waals surface area contributed by atoms with Gasteiger partial charge in [-0.05, 0) is 18.8 Å². The highest BCUT2D eigenvalue weighted by molar-refractivity contribution is 5.65.